The van der Waals surface area contributed by atoms with Crippen LogP contribution >= 0.6 is 11.8 Å². The lowest BCUT2D eigenvalue weighted by Crippen LogP contribution is -2.17. The molecule has 0 saturated carbocycles. The lowest BCUT2D eigenvalue weighted by molar-refractivity contribution is -0.115. The van der Waals surface area contributed by atoms with Crippen molar-refractivity contribution < 1.29 is 19.1 Å². The van der Waals surface area contributed by atoms with Gasteiger partial charge in [-0.3, -0.25) is 14.9 Å². The molecule has 17 heavy (non-hydrogen) atoms. The second kappa shape index (κ2) is 3.81. The molecule has 0 bridgehead atoms. The lowest BCUT2D eigenvalue weighted by atomic mass is 10.2. The molecule has 6 heteroatoms. The summed E-state index contributed by atoms with van der Waals surface area (Å²) in [5.41, 5.74) is 0.793. The summed E-state index contributed by atoms with van der Waals surface area (Å²) in [5, 5.41) is 1.85. The maximum atomic E-state index is 11.3. The molecular weight excluding hydrogens is 242 g/mol. The number of fused-ring (bicyclic) bond motifs is 1. The van der Waals surface area contributed by atoms with Crippen LogP contribution in [0.4, 0.5) is 4.79 Å². The number of carbonyl (C=O) groups is 2. The molecule has 2 aliphatic rings. The van der Waals surface area contributed by atoms with Crippen molar-refractivity contribution in [3.63, 3.8) is 0 Å². The van der Waals surface area contributed by atoms with Crippen molar-refractivity contribution in [1.29, 1.82) is 0 Å². The highest BCUT2D eigenvalue weighted by molar-refractivity contribution is 8.18. The third-order valence-electron chi connectivity index (χ3n) is 2.34. The summed E-state index contributed by atoms with van der Waals surface area (Å²) in [6.45, 7) is 0.211. The summed E-state index contributed by atoms with van der Waals surface area (Å²) in [4.78, 5) is 22.7. The zero-order chi connectivity index (χ0) is 11.8. The Morgan fingerprint density at radius 1 is 1.24 bits per heavy atom. The predicted octanol–water partition coefficient (Wildman–Crippen LogP) is 1.74. The van der Waals surface area contributed by atoms with E-state index in [-0.39, 0.29) is 17.9 Å². The average molecular weight is 249 g/mol. The number of benzene rings is 1. The fourth-order valence-electron chi connectivity index (χ4n) is 1.58. The van der Waals surface area contributed by atoms with Crippen LogP contribution in [0, 0.1) is 0 Å². The summed E-state index contributed by atoms with van der Waals surface area (Å²) in [6.07, 6.45) is 1.65. The highest BCUT2D eigenvalue weighted by atomic mass is 32.2. The van der Waals surface area contributed by atoms with Gasteiger partial charge in [0.05, 0.1) is 4.91 Å². The van der Waals surface area contributed by atoms with Gasteiger partial charge in [-0.2, -0.15) is 0 Å². The number of thioether (sulfide) groups is 1. The van der Waals surface area contributed by atoms with Crippen molar-refractivity contribution in [2.45, 2.75) is 0 Å². The van der Waals surface area contributed by atoms with E-state index in [1.807, 2.05) is 0 Å². The minimum Gasteiger partial charge on any atom is -0.454 e. The fraction of sp³-hybridized carbons (Fsp3) is 0.0909. The van der Waals surface area contributed by atoms with E-state index in [1.54, 1.807) is 24.3 Å². The van der Waals surface area contributed by atoms with E-state index < -0.39 is 0 Å². The molecule has 0 unspecified atom stereocenters. The molecular formula is C11H7NO4S. The van der Waals surface area contributed by atoms with Crippen molar-refractivity contribution in [3.05, 3.63) is 28.7 Å². The molecule has 0 spiro atoms. The molecule has 0 radical (unpaired) electrons. The van der Waals surface area contributed by atoms with Crippen LogP contribution in [0.2, 0.25) is 0 Å². The van der Waals surface area contributed by atoms with E-state index >= 15 is 0 Å². The van der Waals surface area contributed by atoms with Gasteiger partial charge in [-0.1, -0.05) is 6.07 Å². The molecule has 5 nitrogen and oxygen atoms in total. The Balaban J connectivity index is 1.93. The number of hydrogen-bond acceptors (Lipinski definition) is 5. The topological polar surface area (TPSA) is 64.6 Å². The minimum absolute atomic E-state index is 0.211. The molecule has 1 aromatic rings. The smallest absolute Gasteiger partial charge is 0.290 e. The summed E-state index contributed by atoms with van der Waals surface area (Å²) >= 11 is 0.891. The van der Waals surface area contributed by atoms with Gasteiger partial charge >= 0.3 is 0 Å². The minimum atomic E-state index is -0.363. The molecule has 0 aromatic heterocycles. The number of imide groups is 1. The number of ether oxygens (including phenoxy) is 2. The van der Waals surface area contributed by atoms with Gasteiger partial charge < -0.3 is 9.47 Å². The van der Waals surface area contributed by atoms with Crippen LogP contribution in [0.1, 0.15) is 5.56 Å². The first-order valence-electron chi connectivity index (χ1n) is 4.87. The van der Waals surface area contributed by atoms with Crippen LogP contribution in [0.15, 0.2) is 23.1 Å². The van der Waals surface area contributed by atoms with Gasteiger partial charge in [0.25, 0.3) is 11.1 Å². The van der Waals surface area contributed by atoms with E-state index in [0.29, 0.717) is 16.4 Å². The van der Waals surface area contributed by atoms with Crippen molar-refractivity contribution in [2.24, 2.45) is 0 Å². The zero-order valence-electron chi connectivity index (χ0n) is 8.56. The summed E-state index contributed by atoms with van der Waals surface area (Å²) < 4.78 is 10.4. The molecule has 1 aromatic carbocycles. The molecule has 86 valence electrons. The number of carbonyl (C=O) groups excluding carboxylic acids is 2. The quantitative estimate of drug-likeness (QED) is 0.768. The first-order valence-corrected chi connectivity index (χ1v) is 5.68. The Morgan fingerprint density at radius 2 is 2.06 bits per heavy atom. The monoisotopic (exact) mass is 249 g/mol. The van der Waals surface area contributed by atoms with Crippen LogP contribution in [0.25, 0.3) is 6.08 Å². The highest BCUT2D eigenvalue weighted by Gasteiger charge is 2.25. The van der Waals surface area contributed by atoms with Crippen molar-refractivity contribution in [1.82, 2.24) is 5.32 Å². The normalized spacial score (nSPS) is 19.9. The van der Waals surface area contributed by atoms with E-state index in [1.165, 1.54) is 0 Å². The third-order valence-corrected chi connectivity index (χ3v) is 3.15. The zero-order valence-corrected chi connectivity index (χ0v) is 9.37. The summed E-state index contributed by atoms with van der Waals surface area (Å²) in [5.74, 6) is 0.971. The molecule has 2 heterocycles. The molecule has 1 fully saturated rings. The average Bonchev–Trinajstić information content (AvgIpc) is 2.85. The molecule has 2 aliphatic heterocycles. The van der Waals surface area contributed by atoms with Crippen molar-refractivity contribution in [3.8, 4) is 11.5 Å². The van der Waals surface area contributed by atoms with Crippen LogP contribution in [0.5, 0.6) is 11.5 Å². The van der Waals surface area contributed by atoms with Gasteiger partial charge in [0.1, 0.15) is 0 Å². The Kier molecular flexibility index (Phi) is 2.29. The Morgan fingerprint density at radius 3 is 2.82 bits per heavy atom. The van der Waals surface area contributed by atoms with Crippen LogP contribution in [-0.2, 0) is 4.79 Å². The lowest BCUT2D eigenvalue weighted by Gasteiger charge is -1.98. The molecule has 1 N–H and O–H groups in total. The van der Waals surface area contributed by atoms with E-state index in [9.17, 15) is 9.59 Å². The first kappa shape index (κ1) is 10.2. The van der Waals surface area contributed by atoms with Crippen LogP contribution in [-0.4, -0.2) is 17.9 Å². The molecule has 0 aliphatic carbocycles. The summed E-state index contributed by atoms with van der Waals surface area (Å²) in [7, 11) is 0. The standard InChI is InChI=1S/C11H7NO4S/c13-10-9(17-11(14)12-10)4-6-1-2-7-8(3-6)16-5-15-7/h1-4H,5H2,(H,12,13,14)/b9-4-. The van der Waals surface area contributed by atoms with Crippen molar-refractivity contribution in [2.75, 3.05) is 6.79 Å². The van der Waals surface area contributed by atoms with E-state index in [2.05, 4.69) is 5.32 Å². The predicted molar refractivity (Wildman–Crippen MR) is 61.7 cm³/mol. The number of amides is 2. The summed E-state index contributed by atoms with van der Waals surface area (Å²) in [6, 6.07) is 5.34. The molecule has 1 saturated heterocycles. The van der Waals surface area contributed by atoms with E-state index in [0.717, 1.165) is 17.3 Å². The van der Waals surface area contributed by atoms with Gasteiger partial charge in [-0.25, -0.2) is 0 Å². The molecule has 3 rings (SSSR count). The number of rotatable bonds is 1. The van der Waals surface area contributed by atoms with Gasteiger partial charge in [-0.15, -0.1) is 0 Å². The van der Waals surface area contributed by atoms with Crippen LogP contribution < -0.4 is 14.8 Å². The first-order chi connectivity index (χ1) is 8.22. The molecule has 2 amide bonds. The Hall–Kier alpha value is -1.95. The maximum Gasteiger partial charge on any atom is 0.290 e. The van der Waals surface area contributed by atoms with Gasteiger partial charge in [0, 0.05) is 0 Å². The Bertz CT molecular complexity index is 552. The third kappa shape index (κ3) is 1.87. The van der Waals surface area contributed by atoms with E-state index in [4.69, 9.17) is 9.47 Å². The second-order valence-electron chi connectivity index (χ2n) is 3.46. The highest BCUT2D eigenvalue weighted by Crippen LogP contribution is 2.34. The van der Waals surface area contributed by atoms with Gasteiger partial charge in [0.15, 0.2) is 11.5 Å². The maximum absolute atomic E-state index is 11.3. The largest absolute Gasteiger partial charge is 0.454 e. The number of hydrogen-bond donors (Lipinski definition) is 1. The van der Waals surface area contributed by atoms with Crippen LogP contribution in [0.3, 0.4) is 0 Å². The Labute approximate surface area is 101 Å². The molecule has 0 atom stereocenters. The van der Waals surface area contributed by atoms with Gasteiger partial charge in [-0.05, 0) is 35.5 Å². The fourth-order valence-corrected chi connectivity index (χ4v) is 2.26. The SMILES string of the molecule is O=C1NC(=O)/C(=C/c2ccc3c(c2)OCO3)S1. The van der Waals surface area contributed by atoms with Crippen molar-refractivity contribution >= 4 is 29.0 Å². The number of nitrogens with one attached hydrogen (secondary N) is 1. The van der Waals surface area contributed by atoms with Gasteiger partial charge in [0.2, 0.25) is 6.79 Å². The second-order valence-corrected chi connectivity index (χ2v) is 4.48.